The van der Waals surface area contributed by atoms with Gasteiger partial charge < -0.3 is 14.8 Å². The van der Waals surface area contributed by atoms with E-state index in [9.17, 15) is 14.0 Å². The number of hydrogen-bond acceptors (Lipinski definition) is 5. The predicted molar refractivity (Wildman–Crippen MR) is 112 cm³/mol. The molecule has 8 heteroatoms. The average molecular weight is 435 g/mol. The lowest BCUT2D eigenvalue weighted by Gasteiger charge is -2.34. The standard InChI is InChI=1S/C22H24ClFN2O4/c1-13(2)22(3)12-25-19-16(9-10-17(23)18(19)24)20(27)26(21(28)30-22)11-14-5-7-15(29-4)8-6-14/h5-10,13,25H,11-12H2,1-4H3. The van der Waals surface area contributed by atoms with Crippen LogP contribution in [0.4, 0.5) is 14.9 Å². The van der Waals surface area contributed by atoms with E-state index in [-0.39, 0.29) is 35.3 Å². The minimum Gasteiger partial charge on any atom is -0.497 e. The predicted octanol–water partition coefficient (Wildman–Crippen LogP) is 5.11. The van der Waals surface area contributed by atoms with E-state index >= 15 is 0 Å². The maximum absolute atomic E-state index is 14.8. The van der Waals surface area contributed by atoms with Crippen LogP contribution in [0.25, 0.3) is 0 Å². The smallest absolute Gasteiger partial charge is 0.417 e. The van der Waals surface area contributed by atoms with E-state index in [4.69, 9.17) is 21.1 Å². The van der Waals surface area contributed by atoms with E-state index in [0.717, 1.165) is 4.90 Å². The van der Waals surface area contributed by atoms with Gasteiger partial charge >= 0.3 is 6.09 Å². The molecule has 30 heavy (non-hydrogen) atoms. The summed E-state index contributed by atoms with van der Waals surface area (Å²) in [5.74, 6) is -0.874. The van der Waals surface area contributed by atoms with Crippen molar-refractivity contribution in [3.63, 3.8) is 0 Å². The SMILES string of the molecule is COc1ccc(CN2C(=O)OC(C)(C(C)C)CNc3c(ccc(Cl)c3F)C2=O)cc1. The lowest BCUT2D eigenvalue weighted by Crippen LogP contribution is -2.47. The Labute approximate surface area is 179 Å². The first-order valence-corrected chi connectivity index (χ1v) is 9.93. The lowest BCUT2D eigenvalue weighted by molar-refractivity contribution is -0.0164. The Morgan fingerprint density at radius 3 is 2.50 bits per heavy atom. The normalized spacial score (nSPS) is 19.4. The molecule has 3 rings (SSSR count). The van der Waals surface area contributed by atoms with Gasteiger partial charge in [-0.3, -0.25) is 4.79 Å². The number of cyclic esters (lactones) is 1. The van der Waals surface area contributed by atoms with Crippen molar-refractivity contribution in [2.75, 3.05) is 19.0 Å². The van der Waals surface area contributed by atoms with Crippen LogP contribution in [-0.2, 0) is 11.3 Å². The third-order valence-corrected chi connectivity index (χ3v) is 5.74. The molecule has 0 bridgehead atoms. The first-order valence-electron chi connectivity index (χ1n) is 9.56. The first kappa shape index (κ1) is 21.9. The summed E-state index contributed by atoms with van der Waals surface area (Å²) in [4.78, 5) is 27.3. The van der Waals surface area contributed by atoms with Gasteiger partial charge in [0.15, 0.2) is 5.82 Å². The van der Waals surface area contributed by atoms with Gasteiger partial charge in [-0.15, -0.1) is 0 Å². The number of carbonyl (C=O) groups excluding carboxylic acids is 2. The van der Waals surface area contributed by atoms with Gasteiger partial charge in [0.2, 0.25) is 0 Å². The van der Waals surface area contributed by atoms with Crippen molar-refractivity contribution >= 4 is 29.3 Å². The summed E-state index contributed by atoms with van der Waals surface area (Å²) >= 11 is 5.94. The molecule has 0 fully saturated rings. The molecule has 0 radical (unpaired) electrons. The van der Waals surface area contributed by atoms with Gasteiger partial charge in [0.25, 0.3) is 5.91 Å². The van der Waals surface area contributed by atoms with Crippen LogP contribution in [-0.4, -0.2) is 36.2 Å². The molecule has 1 unspecified atom stereocenters. The van der Waals surface area contributed by atoms with Crippen LogP contribution in [0.15, 0.2) is 36.4 Å². The molecule has 0 spiro atoms. The number of hydrogen-bond donors (Lipinski definition) is 1. The van der Waals surface area contributed by atoms with Crippen LogP contribution < -0.4 is 10.1 Å². The number of anilines is 1. The molecule has 1 N–H and O–H groups in total. The van der Waals surface area contributed by atoms with Crippen LogP contribution in [0.1, 0.15) is 36.7 Å². The zero-order chi connectivity index (χ0) is 22.1. The van der Waals surface area contributed by atoms with Crippen LogP contribution in [0.3, 0.4) is 0 Å². The van der Waals surface area contributed by atoms with Crippen molar-refractivity contribution in [2.24, 2.45) is 5.92 Å². The highest BCUT2D eigenvalue weighted by atomic mass is 35.5. The number of amides is 2. The molecule has 2 aromatic carbocycles. The number of nitrogens with one attached hydrogen (secondary N) is 1. The van der Waals surface area contributed by atoms with E-state index in [1.54, 1.807) is 38.3 Å². The van der Waals surface area contributed by atoms with E-state index < -0.39 is 23.4 Å². The summed E-state index contributed by atoms with van der Waals surface area (Å²) in [5.41, 5.74) is -0.324. The molecule has 1 aliphatic rings. The molecule has 1 atom stereocenters. The number of ether oxygens (including phenoxy) is 2. The molecule has 6 nitrogen and oxygen atoms in total. The molecule has 0 aromatic heterocycles. The maximum Gasteiger partial charge on any atom is 0.417 e. The largest absolute Gasteiger partial charge is 0.497 e. The highest BCUT2D eigenvalue weighted by Crippen LogP contribution is 2.32. The van der Waals surface area contributed by atoms with Gasteiger partial charge in [-0.1, -0.05) is 37.6 Å². The molecule has 1 aliphatic heterocycles. The third-order valence-electron chi connectivity index (χ3n) is 5.45. The fourth-order valence-corrected chi connectivity index (χ4v) is 3.21. The molecule has 160 valence electrons. The lowest BCUT2D eigenvalue weighted by atomic mass is 9.92. The highest BCUT2D eigenvalue weighted by Gasteiger charge is 2.39. The summed E-state index contributed by atoms with van der Waals surface area (Å²) in [7, 11) is 1.55. The van der Waals surface area contributed by atoms with E-state index in [2.05, 4.69) is 5.32 Å². The molecule has 2 amide bonds. The van der Waals surface area contributed by atoms with Gasteiger partial charge in [0.1, 0.15) is 11.4 Å². The molecule has 0 aliphatic carbocycles. The number of nitrogens with zero attached hydrogens (tertiary/aromatic N) is 1. The van der Waals surface area contributed by atoms with Crippen molar-refractivity contribution in [2.45, 2.75) is 32.9 Å². The van der Waals surface area contributed by atoms with Gasteiger partial charge in [0.05, 0.1) is 36.5 Å². The zero-order valence-corrected chi connectivity index (χ0v) is 18.0. The topological polar surface area (TPSA) is 67.9 Å². The van der Waals surface area contributed by atoms with E-state index in [1.165, 1.54) is 12.1 Å². The fraction of sp³-hybridized carbons (Fsp3) is 0.364. The highest BCUT2D eigenvalue weighted by molar-refractivity contribution is 6.31. The van der Waals surface area contributed by atoms with Crippen molar-refractivity contribution in [1.29, 1.82) is 0 Å². The van der Waals surface area contributed by atoms with E-state index in [0.29, 0.717) is 11.3 Å². The monoisotopic (exact) mass is 434 g/mol. The molecular weight excluding hydrogens is 411 g/mol. The van der Waals surface area contributed by atoms with Gasteiger partial charge in [-0.25, -0.2) is 14.1 Å². The second-order valence-corrected chi connectivity index (χ2v) is 8.12. The van der Waals surface area contributed by atoms with Gasteiger partial charge in [-0.05, 0) is 42.7 Å². The Bertz CT molecular complexity index is 964. The summed E-state index contributed by atoms with van der Waals surface area (Å²) in [6.07, 6.45) is -0.794. The first-order chi connectivity index (χ1) is 14.2. The quantitative estimate of drug-likeness (QED) is 0.724. The van der Waals surface area contributed by atoms with Gasteiger partial charge in [-0.2, -0.15) is 0 Å². The van der Waals surface area contributed by atoms with Crippen LogP contribution in [0.5, 0.6) is 5.75 Å². The average Bonchev–Trinajstić information content (AvgIpc) is 2.75. The second-order valence-electron chi connectivity index (χ2n) is 7.71. The van der Waals surface area contributed by atoms with Crippen molar-refractivity contribution in [3.8, 4) is 5.75 Å². The molecule has 2 aromatic rings. The number of fused-ring (bicyclic) bond motifs is 1. The zero-order valence-electron chi connectivity index (χ0n) is 17.3. The van der Waals surface area contributed by atoms with Crippen molar-refractivity contribution in [1.82, 2.24) is 4.90 Å². The second kappa shape index (κ2) is 8.52. The van der Waals surface area contributed by atoms with Gasteiger partial charge in [0, 0.05) is 0 Å². The number of rotatable bonds is 4. The van der Waals surface area contributed by atoms with Crippen molar-refractivity contribution < 1.29 is 23.5 Å². The minimum atomic E-state index is -0.980. The molecule has 0 saturated heterocycles. The van der Waals surface area contributed by atoms with Crippen LogP contribution in [0.2, 0.25) is 5.02 Å². The van der Waals surface area contributed by atoms with Crippen LogP contribution in [0, 0.1) is 11.7 Å². The minimum absolute atomic E-state index is 0.00960. The Morgan fingerprint density at radius 2 is 1.90 bits per heavy atom. The molecular formula is C22H24ClFN2O4. The Balaban J connectivity index is 2.07. The number of carbonyl (C=O) groups is 2. The number of benzene rings is 2. The molecule has 0 saturated carbocycles. The number of methoxy groups -OCH3 is 1. The van der Waals surface area contributed by atoms with Crippen molar-refractivity contribution in [3.05, 3.63) is 58.4 Å². The Kier molecular flexibility index (Phi) is 6.22. The summed E-state index contributed by atoms with van der Waals surface area (Å²) in [6.45, 7) is 5.59. The number of halogens is 2. The maximum atomic E-state index is 14.8. The summed E-state index contributed by atoms with van der Waals surface area (Å²) in [5, 5.41) is 2.82. The summed E-state index contributed by atoms with van der Waals surface area (Å²) in [6, 6.07) is 9.65. The third kappa shape index (κ3) is 4.21. The Morgan fingerprint density at radius 1 is 1.23 bits per heavy atom. The summed E-state index contributed by atoms with van der Waals surface area (Å²) < 4.78 is 25.7. The Hall–Kier alpha value is -2.80. The van der Waals surface area contributed by atoms with Crippen LogP contribution >= 0.6 is 11.6 Å². The van der Waals surface area contributed by atoms with E-state index in [1.807, 2.05) is 13.8 Å². The molecule has 1 heterocycles. The fourth-order valence-electron chi connectivity index (χ4n) is 3.06. The number of imide groups is 1.